The summed E-state index contributed by atoms with van der Waals surface area (Å²) in [7, 11) is 0. The Morgan fingerprint density at radius 3 is 2.68 bits per heavy atom. The van der Waals surface area contributed by atoms with Crippen LogP contribution in [0.5, 0.6) is 0 Å². The molecule has 1 N–H and O–H groups in total. The maximum atomic E-state index is 12.0. The molecular formula is C15H29N3O. The van der Waals surface area contributed by atoms with Gasteiger partial charge in [-0.3, -0.25) is 9.69 Å². The zero-order valence-corrected chi connectivity index (χ0v) is 12.7. The fourth-order valence-corrected chi connectivity index (χ4v) is 3.72. The quantitative estimate of drug-likeness (QED) is 0.785. The van der Waals surface area contributed by atoms with Crippen molar-refractivity contribution < 1.29 is 4.79 Å². The predicted molar refractivity (Wildman–Crippen MR) is 78.0 cm³/mol. The molecule has 2 saturated heterocycles. The fraction of sp³-hybridized carbons (Fsp3) is 0.933. The van der Waals surface area contributed by atoms with E-state index >= 15 is 0 Å². The minimum absolute atomic E-state index is 0.318. The van der Waals surface area contributed by atoms with Crippen LogP contribution in [0.25, 0.3) is 0 Å². The Balaban J connectivity index is 1.70. The second-order valence-corrected chi connectivity index (χ2v) is 5.99. The number of likely N-dealkylation sites (tertiary alicyclic amines) is 1. The third-order valence-electron chi connectivity index (χ3n) is 5.01. The number of fused-ring (bicyclic) bond motifs is 1. The van der Waals surface area contributed by atoms with Crippen molar-refractivity contribution in [1.82, 2.24) is 15.1 Å². The van der Waals surface area contributed by atoms with E-state index in [0.29, 0.717) is 18.4 Å². The van der Waals surface area contributed by atoms with Gasteiger partial charge in [0.25, 0.3) is 0 Å². The molecule has 0 aliphatic carbocycles. The van der Waals surface area contributed by atoms with E-state index < -0.39 is 0 Å². The average Bonchev–Trinajstić information content (AvgIpc) is 2.96. The molecule has 2 aliphatic rings. The van der Waals surface area contributed by atoms with E-state index in [-0.39, 0.29) is 0 Å². The monoisotopic (exact) mass is 267 g/mol. The molecule has 2 fully saturated rings. The smallest absolute Gasteiger partial charge is 0.222 e. The molecule has 4 heteroatoms. The van der Waals surface area contributed by atoms with Crippen LogP contribution in [-0.2, 0) is 4.79 Å². The van der Waals surface area contributed by atoms with Crippen LogP contribution in [0, 0.1) is 11.8 Å². The Kier molecular flexibility index (Phi) is 5.22. The molecule has 0 saturated carbocycles. The Bertz CT molecular complexity index is 304. The van der Waals surface area contributed by atoms with E-state index in [1.165, 1.54) is 19.6 Å². The molecule has 2 aliphatic heterocycles. The Morgan fingerprint density at radius 2 is 2.05 bits per heavy atom. The third kappa shape index (κ3) is 3.29. The molecule has 0 radical (unpaired) electrons. The van der Waals surface area contributed by atoms with Gasteiger partial charge >= 0.3 is 0 Å². The van der Waals surface area contributed by atoms with Crippen molar-refractivity contribution in [2.24, 2.45) is 11.8 Å². The van der Waals surface area contributed by atoms with Gasteiger partial charge in [-0.1, -0.05) is 0 Å². The van der Waals surface area contributed by atoms with Gasteiger partial charge in [0.05, 0.1) is 0 Å². The zero-order chi connectivity index (χ0) is 13.8. The fourth-order valence-electron chi connectivity index (χ4n) is 3.72. The average molecular weight is 267 g/mol. The van der Waals surface area contributed by atoms with Crippen molar-refractivity contribution in [3.05, 3.63) is 0 Å². The number of nitrogens with one attached hydrogen (secondary N) is 1. The summed E-state index contributed by atoms with van der Waals surface area (Å²) >= 11 is 0. The minimum atomic E-state index is 0.318. The summed E-state index contributed by atoms with van der Waals surface area (Å²) < 4.78 is 0. The van der Waals surface area contributed by atoms with Gasteiger partial charge < -0.3 is 10.2 Å². The lowest BCUT2D eigenvalue weighted by Gasteiger charge is -2.25. The summed E-state index contributed by atoms with van der Waals surface area (Å²) in [4.78, 5) is 16.5. The number of hydrogen-bond acceptors (Lipinski definition) is 3. The van der Waals surface area contributed by atoms with E-state index in [4.69, 9.17) is 0 Å². The molecule has 4 nitrogen and oxygen atoms in total. The highest BCUT2D eigenvalue weighted by Crippen LogP contribution is 2.32. The standard InChI is InChI=1S/C15H29N3O/c1-4-17(5-2)15(19)7-6-8-18-11-13-9-16-10-14(13)12(18)3/h12-14,16H,4-11H2,1-3H3. The molecule has 2 rings (SSSR count). The SMILES string of the molecule is CCN(CC)C(=O)CCCN1CC2CNCC2C1C. The largest absolute Gasteiger partial charge is 0.343 e. The van der Waals surface area contributed by atoms with Crippen molar-refractivity contribution in [2.75, 3.05) is 39.3 Å². The molecule has 2 heterocycles. The van der Waals surface area contributed by atoms with Gasteiger partial charge in [-0.05, 0) is 58.7 Å². The minimum Gasteiger partial charge on any atom is -0.343 e. The maximum Gasteiger partial charge on any atom is 0.222 e. The summed E-state index contributed by atoms with van der Waals surface area (Å²) in [6.07, 6.45) is 1.71. The lowest BCUT2D eigenvalue weighted by Crippen LogP contribution is -2.35. The number of carbonyl (C=O) groups excluding carboxylic acids is 1. The second-order valence-electron chi connectivity index (χ2n) is 5.99. The van der Waals surface area contributed by atoms with Gasteiger partial charge in [-0.15, -0.1) is 0 Å². The van der Waals surface area contributed by atoms with Gasteiger partial charge in [0, 0.05) is 32.1 Å². The summed E-state index contributed by atoms with van der Waals surface area (Å²) in [5.41, 5.74) is 0. The number of rotatable bonds is 6. The van der Waals surface area contributed by atoms with Crippen molar-refractivity contribution in [3.8, 4) is 0 Å². The zero-order valence-electron chi connectivity index (χ0n) is 12.7. The topological polar surface area (TPSA) is 35.6 Å². The molecule has 0 spiro atoms. The van der Waals surface area contributed by atoms with Crippen LogP contribution in [0.4, 0.5) is 0 Å². The first-order valence-electron chi connectivity index (χ1n) is 7.89. The van der Waals surface area contributed by atoms with Crippen LogP contribution in [0.15, 0.2) is 0 Å². The molecule has 0 aromatic rings. The van der Waals surface area contributed by atoms with E-state index in [1.807, 2.05) is 4.90 Å². The number of hydrogen-bond donors (Lipinski definition) is 1. The molecule has 0 bridgehead atoms. The normalized spacial score (nSPS) is 30.6. The van der Waals surface area contributed by atoms with Crippen LogP contribution >= 0.6 is 0 Å². The van der Waals surface area contributed by atoms with Crippen LogP contribution in [0.3, 0.4) is 0 Å². The highest BCUT2D eigenvalue weighted by molar-refractivity contribution is 5.76. The van der Waals surface area contributed by atoms with Gasteiger partial charge in [-0.2, -0.15) is 0 Å². The van der Waals surface area contributed by atoms with Crippen molar-refractivity contribution in [3.63, 3.8) is 0 Å². The third-order valence-corrected chi connectivity index (χ3v) is 5.01. The Morgan fingerprint density at radius 1 is 1.32 bits per heavy atom. The first-order chi connectivity index (χ1) is 9.17. The summed E-state index contributed by atoms with van der Waals surface area (Å²) in [5, 5.41) is 3.49. The molecule has 3 atom stereocenters. The highest BCUT2D eigenvalue weighted by atomic mass is 16.2. The lowest BCUT2D eigenvalue weighted by atomic mass is 9.95. The number of carbonyl (C=O) groups is 1. The summed E-state index contributed by atoms with van der Waals surface area (Å²) in [6.45, 7) is 12.8. The predicted octanol–water partition coefficient (Wildman–Crippen LogP) is 1.17. The van der Waals surface area contributed by atoms with Gasteiger partial charge in [0.15, 0.2) is 0 Å². The van der Waals surface area contributed by atoms with Gasteiger partial charge in [0.2, 0.25) is 5.91 Å². The molecular weight excluding hydrogens is 238 g/mol. The van der Waals surface area contributed by atoms with E-state index in [0.717, 1.165) is 37.9 Å². The van der Waals surface area contributed by atoms with Crippen LogP contribution in [-0.4, -0.2) is 61.0 Å². The first-order valence-corrected chi connectivity index (χ1v) is 7.89. The van der Waals surface area contributed by atoms with Crippen molar-refractivity contribution in [2.45, 2.75) is 39.7 Å². The van der Waals surface area contributed by atoms with Gasteiger partial charge in [0.1, 0.15) is 0 Å². The Hall–Kier alpha value is -0.610. The van der Waals surface area contributed by atoms with Crippen LogP contribution < -0.4 is 5.32 Å². The summed E-state index contributed by atoms with van der Waals surface area (Å²) in [5.74, 6) is 1.99. The highest BCUT2D eigenvalue weighted by Gasteiger charge is 2.41. The second kappa shape index (κ2) is 6.71. The van der Waals surface area contributed by atoms with Crippen LogP contribution in [0.1, 0.15) is 33.6 Å². The molecule has 110 valence electrons. The molecule has 0 aromatic carbocycles. The van der Waals surface area contributed by atoms with E-state index in [1.54, 1.807) is 0 Å². The van der Waals surface area contributed by atoms with E-state index in [2.05, 4.69) is 31.0 Å². The molecule has 1 amide bonds. The maximum absolute atomic E-state index is 12.0. The number of amides is 1. The van der Waals surface area contributed by atoms with Crippen LogP contribution in [0.2, 0.25) is 0 Å². The van der Waals surface area contributed by atoms with E-state index in [9.17, 15) is 4.79 Å². The van der Waals surface area contributed by atoms with Gasteiger partial charge in [-0.25, -0.2) is 0 Å². The van der Waals surface area contributed by atoms with Crippen molar-refractivity contribution >= 4 is 5.91 Å². The first kappa shape index (κ1) is 14.8. The molecule has 0 aromatic heterocycles. The van der Waals surface area contributed by atoms with Crippen molar-refractivity contribution in [1.29, 1.82) is 0 Å². The molecule has 19 heavy (non-hydrogen) atoms. The number of nitrogens with zero attached hydrogens (tertiary/aromatic N) is 2. The molecule has 3 unspecified atom stereocenters. The summed E-state index contributed by atoms with van der Waals surface area (Å²) in [6, 6.07) is 0.684. The Labute approximate surface area is 117 Å². The lowest BCUT2D eigenvalue weighted by molar-refractivity contribution is -0.131.